The maximum atomic E-state index is 10.6. The Morgan fingerprint density at radius 3 is 2.11 bits per heavy atom. The summed E-state index contributed by atoms with van der Waals surface area (Å²) in [7, 11) is -3.13. The Morgan fingerprint density at radius 2 is 2.11 bits per heavy atom. The number of hydrogen-bond acceptors (Lipinski definition) is 3. The first-order valence-electron chi connectivity index (χ1n) is 2.60. The van der Waals surface area contributed by atoms with Crippen LogP contribution >= 0.6 is 0 Å². The molecule has 1 atom stereocenters. The molecular weight excluding hydrogens is 138 g/mol. The van der Waals surface area contributed by atoms with E-state index in [0.29, 0.717) is 6.42 Å². The molecule has 0 aliphatic rings. The quantitative estimate of drug-likeness (QED) is 0.565. The number of nitriles is 1. The molecule has 0 aromatic heterocycles. The van der Waals surface area contributed by atoms with Gasteiger partial charge >= 0.3 is 0 Å². The second kappa shape index (κ2) is 2.83. The van der Waals surface area contributed by atoms with E-state index in [4.69, 9.17) is 5.26 Å². The first-order chi connectivity index (χ1) is 4.02. The molecule has 0 saturated carbocycles. The Labute approximate surface area is 55.2 Å². The van der Waals surface area contributed by atoms with Gasteiger partial charge in [0.1, 0.15) is 5.25 Å². The van der Waals surface area contributed by atoms with E-state index in [1.165, 1.54) is 0 Å². The predicted molar refractivity (Wildman–Crippen MR) is 34.5 cm³/mol. The molecule has 1 unspecified atom stereocenters. The summed E-state index contributed by atoms with van der Waals surface area (Å²) in [6.07, 6.45) is 1.44. The minimum atomic E-state index is -3.13. The lowest BCUT2D eigenvalue weighted by Gasteiger charge is -1.99. The van der Waals surface area contributed by atoms with Crippen molar-refractivity contribution in [1.82, 2.24) is 0 Å². The van der Waals surface area contributed by atoms with E-state index in [-0.39, 0.29) is 0 Å². The molecular formula is C5H9NO2S. The van der Waals surface area contributed by atoms with E-state index in [1.807, 2.05) is 0 Å². The van der Waals surface area contributed by atoms with Crippen molar-refractivity contribution in [2.24, 2.45) is 0 Å². The molecule has 0 radical (unpaired) electrons. The third kappa shape index (κ3) is 2.47. The van der Waals surface area contributed by atoms with Crippen LogP contribution in [0, 0.1) is 11.3 Å². The Kier molecular flexibility index (Phi) is 2.65. The second-order valence-corrected chi connectivity index (χ2v) is 4.08. The van der Waals surface area contributed by atoms with E-state index in [9.17, 15) is 8.42 Å². The van der Waals surface area contributed by atoms with Crippen molar-refractivity contribution in [3.05, 3.63) is 0 Å². The number of hydrogen-bond donors (Lipinski definition) is 0. The minimum absolute atomic E-state index is 0.370. The van der Waals surface area contributed by atoms with Gasteiger partial charge in [0.05, 0.1) is 6.07 Å². The first kappa shape index (κ1) is 8.44. The maximum Gasteiger partial charge on any atom is 0.163 e. The van der Waals surface area contributed by atoms with Crippen molar-refractivity contribution >= 4 is 9.84 Å². The van der Waals surface area contributed by atoms with Crippen molar-refractivity contribution in [2.45, 2.75) is 18.6 Å². The van der Waals surface area contributed by atoms with E-state index in [2.05, 4.69) is 0 Å². The summed E-state index contributed by atoms with van der Waals surface area (Å²) >= 11 is 0. The standard InChI is InChI=1S/C5H9NO2S/c1-3-5(4-6)9(2,7)8/h5H,3H2,1-2H3. The zero-order valence-electron chi connectivity index (χ0n) is 5.46. The van der Waals surface area contributed by atoms with Crippen molar-refractivity contribution in [3.63, 3.8) is 0 Å². The molecule has 0 saturated heterocycles. The molecule has 0 amide bonds. The van der Waals surface area contributed by atoms with Crippen LogP contribution in [0.5, 0.6) is 0 Å². The summed E-state index contributed by atoms with van der Waals surface area (Å²) in [6, 6.07) is 1.70. The lowest BCUT2D eigenvalue weighted by molar-refractivity contribution is 0.593. The lowest BCUT2D eigenvalue weighted by atomic mass is 10.4. The van der Waals surface area contributed by atoms with E-state index >= 15 is 0 Å². The van der Waals surface area contributed by atoms with Crippen LogP contribution in [0.3, 0.4) is 0 Å². The minimum Gasteiger partial charge on any atom is -0.228 e. The van der Waals surface area contributed by atoms with E-state index < -0.39 is 15.1 Å². The Morgan fingerprint density at radius 1 is 1.67 bits per heavy atom. The van der Waals surface area contributed by atoms with Gasteiger partial charge in [-0.2, -0.15) is 5.26 Å². The third-order valence-electron chi connectivity index (χ3n) is 1.03. The monoisotopic (exact) mass is 147 g/mol. The molecule has 0 spiro atoms. The molecule has 52 valence electrons. The summed E-state index contributed by atoms with van der Waals surface area (Å²) in [5.41, 5.74) is 0. The van der Waals surface area contributed by atoms with Gasteiger partial charge in [0.15, 0.2) is 9.84 Å². The molecule has 0 aromatic carbocycles. The van der Waals surface area contributed by atoms with Crippen LogP contribution in [0.15, 0.2) is 0 Å². The average molecular weight is 147 g/mol. The molecule has 0 rings (SSSR count). The fourth-order valence-electron chi connectivity index (χ4n) is 0.490. The highest BCUT2D eigenvalue weighted by molar-refractivity contribution is 7.91. The van der Waals surface area contributed by atoms with E-state index in [0.717, 1.165) is 6.26 Å². The van der Waals surface area contributed by atoms with Gasteiger partial charge in [0.25, 0.3) is 0 Å². The van der Waals surface area contributed by atoms with Crippen LogP contribution in [-0.4, -0.2) is 19.9 Å². The Bertz CT molecular complexity index is 212. The number of sulfone groups is 1. The molecule has 0 fully saturated rings. The van der Waals surface area contributed by atoms with Crippen molar-refractivity contribution in [2.75, 3.05) is 6.26 Å². The summed E-state index contributed by atoms with van der Waals surface area (Å²) in [4.78, 5) is 0. The van der Waals surface area contributed by atoms with Crippen LogP contribution in [0.4, 0.5) is 0 Å². The zero-order chi connectivity index (χ0) is 7.49. The molecule has 0 aliphatic carbocycles. The number of rotatable bonds is 2. The number of nitrogens with zero attached hydrogens (tertiary/aromatic N) is 1. The van der Waals surface area contributed by atoms with Gasteiger partial charge in [-0.1, -0.05) is 6.92 Å². The molecule has 3 nitrogen and oxygen atoms in total. The van der Waals surface area contributed by atoms with Crippen LogP contribution < -0.4 is 0 Å². The fraction of sp³-hybridized carbons (Fsp3) is 0.800. The summed E-state index contributed by atoms with van der Waals surface area (Å²) in [5.74, 6) is 0. The molecule has 0 bridgehead atoms. The van der Waals surface area contributed by atoms with Gasteiger partial charge in [-0.15, -0.1) is 0 Å². The summed E-state index contributed by atoms with van der Waals surface area (Å²) in [6.45, 7) is 1.68. The van der Waals surface area contributed by atoms with Crippen LogP contribution in [0.2, 0.25) is 0 Å². The van der Waals surface area contributed by atoms with Gasteiger partial charge in [-0.25, -0.2) is 8.42 Å². The van der Waals surface area contributed by atoms with E-state index in [1.54, 1.807) is 13.0 Å². The maximum absolute atomic E-state index is 10.6. The Balaban J connectivity index is 4.38. The van der Waals surface area contributed by atoms with Crippen molar-refractivity contribution in [3.8, 4) is 6.07 Å². The SMILES string of the molecule is CCC(C#N)S(C)(=O)=O. The second-order valence-electron chi connectivity index (χ2n) is 1.86. The van der Waals surface area contributed by atoms with Gasteiger partial charge in [0, 0.05) is 6.26 Å². The van der Waals surface area contributed by atoms with Gasteiger partial charge in [-0.3, -0.25) is 0 Å². The van der Waals surface area contributed by atoms with Crippen molar-refractivity contribution < 1.29 is 8.42 Å². The zero-order valence-corrected chi connectivity index (χ0v) is 6.27. The van der Waals surface area contributed by atoms with Crippen LogP contribution in [0.1, 0.15) is 13.3 Å². The molecule has 4 heteroatoms. The van der Waals surface area contributed by atoms with Gasteiger partial charge in [-0.05, 0) is 6.42 Å². The average Bonchev–Trinajstić information content (AvgIpc) is 1.65. The lowest BCUT2D eigenvalue weighted by Crippen LogP contribution is -2.15. The largest absolute Gasteiger partial charge is 0.228 e. The molecule has 0 N–H and O–H groups in total. The highest BCUT2D eigenvalue weighted by atomic mass is 32.2. The molecule has 0 aliphatic heterocycles. The third-order valence-corrected chi connectivity index (χ3v) is 2.50. The summed E-state index contributed by atoms with van der Waals surface area (Å²) in [5, 5.41) is 7.41. The smallest absolute Gasteiger partial charge is 0.163 e. The fourth-order valence-corrected chi connectivity index (χ4v) is 1.29. The predicted octanol–water partition coefficient (Wildman–Crippen LogP) is 0.333. The molecule has 9 heavy (non-hydrogen) atoms. The van der Waals surface area contributed by atoms with Crippen molar-refractivity contribution in [1.29, 1.82) is 5.26 Å². The highest BCUT2D eigenvalue weighted by Gasteiger charge is 2.16. The van der Waals surface area contributed by atoms with Crippen LogP contribution in [0.25, 0.3) is 0 Å². The van der Waals surface area contributed by atoms with Crippen LogP contribution in [-0.2, 0) is 9.84 Å². The topological polar surface area (TPSA) is 57.9 Å². The van der Waals surface area contributed by atoms with Gasteiger partial charge < -0.3 is 0 Å². The highest BCUT2D eigenvalue weighted by Crippen LogP contribution is 2.00. The first-order valence-corrected chi connectivity index (χ1v) is 4.56. The normalized spacial score (nSPS) is 14.3. The molecule has 0 aromatic rings. The Hall–Kier alpha value is -0.560. The molecule has 0 heterocycles. The summed E-state index contributed by atoms with van der Waals surface area (Å²) < 4.78 is 21.1. The van der Waals surface area contributed by atoms with Gasteiger partial charge in [0.2, 0.25) is 0 Å².